The standard InChI is InChI=1S/C28H25Br3N4O5/c1-4-16(3)27-33-23-9-8-19(29)12-21(23)28(36)34(27)32-14-17-10-24(35(37)38)26(25(11-17)39-5-2)40-15-18-6-7-20(30)13-22(18)31/h6-14,16H,4-5,15H2,1-3H3/t16-/m0/s1. The predicted molar refractivity (Wildman–Crippen MR) is 166 cm³/mol. The second-order valence-corrected chi connectivity index (χ2v) is 11.6. The zero-order chi connectivity index (χ0) is 29.0. The van der Waals surface area contributed by atoms with E-state index in [-0.39, 0.29) is 41.9 Å². The highest BCUT2D eigenvalue weighted by Crippen LogP contribution is 2.39. The molecule has 3 aromatic carbocycles. The molecule has 0 saturated carbocycles. The minimum atomic E-state index is -0.530. The van der Waals surface area contributed by atoms with Crippen LogP contribution in [0.3, 0.4) is 0 Å². The third kappa shape index (κ3) is 6.61. The molecular formula is C28H25Br3N4O5. The van der Waals surface area contributed by atoms with Gasteiger partial charge in [0, 0.05) is 36.5 Å². The molecule has 0 aliphatic carbocycles. The first-order chi connectivity index (χ1) is 19.1. The van der Waals surface area contributed by atoms with Gasteiger partial charge in [0.15, 0.2) is 5.75 Å². The number of nitrogens with zero attached hydrogens (tertiary/aromatic N) is 4. The van der Waals surface area contributed by atoms with Crippen LogP contribution in [-0.4, -0.2) is 27.4 Å². The molecule has 0 N–H and O–H groups in total. The van der Waals surface area contributed by atoms with Crippen LogP contribution in [0.4, 0.5) is 5.69 Å². The Labute approximate surface area is 255 Å². The van der Waals surface area contributed by atoms with Gasteiger partial charge < -0.3 is 9.47 Å². The van der Waals surface area contributed by atoms with Gasteiger partial charge in [0.05, 0.1) is 28.6 Å². The van der Waals surface area contributed by atoms with E-state index in [4.69, 9.17) is 14.5 Å². The van der Waals surface area contributed by atoms with Crippen molar-refractivity contribution in [3.63, 3.8) is 0 Å². The molecule has 0 radical (unpaired) electrons. The summed E-state index contributed by atoms with van der Waals surface area (Å²) in [5.74, 6) is 0.646. The normalized spacial score (nSPS) is 12.2. The number of hydrogen-bond acceptors (Lipinski definition) is 7. The first kappa shape index (κ1) is 29.9. The molecule has 4 rings (SSSR count). The summed E-state index contributed by atoms with van der Waals surface area (Å²) in [5, 5.41) is 16.9. The average Bonchev–Trinajstić information content (AvgIpc) is 2.92. The lowest BCUT2D eigenvalue weighted by Crippen LogP contribution is -2.23. The van der Waals surface area contributed by atoms with E-state index in [0.717, 1.165) is 25.4 Å². The van der Waals surface area contributed by atoms with Crippen molar-refractivity contribution < 1.29 is 14.4 Å². The molecule has 1 aromatic heterocycles. The Morgan fingerprint density at radius 2 is 1.80 bits per heavy atom. The lowest BCUT2D eigenvalue weighted by atomic mass is 10.1. The summed E-state index contributed by atoms with van der Waals surface area (Å²) in [6.45, 7) is 6.08. The lowest BCUT2D eigenvalue weighted by Gasteiger charge is -2.15. The van der Waals surface area contributed by atoms with Crippen molar-refractivity contribution in [3.8, 4) is 11.5 Å². The third-order valence-corrected chi connectivity index (χ3v) is 7.87. The molecule has 0 saturated heterocycles. The molecule has 1 heterocycles. The number of ether oxygens (including phenoxy) is 2. The van der Waals surface area contributed by atoms with Crippen LogP contribution in [0.25, 0.3) is 10.9 Å². The topological polar surface area (TPSA) is 109 Å². The van der Waals surface area contributed by atoms with E-state index in [1.165, 1.54) is 17.0 Å². The highest BCUT2D eigenvalue weighted by atomic mass is 79.9. The second kappa shape index (κ2) is 13.0. The van der Waals surface area contributed by atoms with E-state index in [2.05, 4.69) is 52.9 Å². The number of benzene rings is 3. The Morgan fingerprint density at radius 1 is 1.07 bits per heavy atom. The zero-order valence-electron chi connectivity index (χ0n) is 21.9. The minimum Gasteiger partial charge on any atom is -0.490 e. The molecule has 0 aliphatic rings. The fraction of sp³-hybridized carbons (Fsp3) is 0.250. The van der Waals surface area contributed by atoms with Crippen LogP contribution in [0, 0.1) is 10.1 Å². The van der Waals surface area contributed by atoms with Crippen LogP contribution >= 0.6 is 47.8 Å². The molecule has 0 spiro atoms. The van der Waals surface area contributed by atoms with Gasteiger partial charge in [0.1, 0.15) is 12.4 Å². The Morgan fingerprint density at radius 3 is 2.48 bits per heavy atom. The molecule has 0 aliphatic heterocycles. The van der Waals surface area contributed by atoms with Crippen LogP contribution in [0.1, 0.15) is 50.1 Å². The molecule has 1 atom stereocenters. The van der Waals surface area contributed by atoms with Crippen molar-refractivity contribution in [1.82, 2.24) is 9.66 Å². The highest BCUT2D eigenvalue weighted by molar-refractivity contribution is 9.11. The molecule has 0 bridgehead atoms. The molecule has 40 heavy (non-hydrogen) atoms. The average molecular weight is 737 g/mol. The van der Waals surface area contributed by atoms with Gasteiger partial charge in [-0.3, -0.25) is 14.9 Å². The summed E-state index contributed by atoms with van der Waals surface area (Å²) in [4.78, 5) is 29.7. The molecule has 12 heteroatoms. The van der Waals surface area contributed by atoms with Gasteiger partial charge in [-0.2, -0.15) is 9.78 Å². The molecule has 4 aromatic rings. The summed E-state index contributed by atoms with van der Waals surface area (Å²) in [5.41, 5.74) is 1.12. The first-order valence-corrected chi connectivity index (χ1v) is 14.8. The van der Waals surface area contributed by atoms with Gasteiger partial charge in [0.2, 0.25) is 5.75 Å². The number of halogens is 3. The van der Waals surface area contributed by atoms with Gasteiger partial charge >= 0.3 is 5.69 Å². The van der Waals surface area contributed by atoms with Gasteiger partial charge in [-0.1, -0.05) is 67.7 Å². The van der Waals surface area contributed by atoms with Crippen molar-refractivity contribution in [1.29, 1.82) is 0 Å². The van der Waals surface area contributed by atoms with Gasteiger partial charge in [-0.05, 0) is 49.7 Å². The number of nitro groups is 1. The number of fused-ring (bicyclic) bond motifs is 1. The predicted octanol–water partition coefficient (Wildman–Crippen LogP) is 7.97. The van der Waals surface area contributed by atoms with Crippen molar-refractivity contribution >= 4 is 70.6 Å². The smallest absolute Gasteiger partial charge is 0.315 e. The van der Waals surface area contributed by atoms with E-state index in [1.54, 1.807) is 25.1 Å². The van der Waals surface area contributed by atoms with E-state index in [0.29, 0.717) is 22.3 Å². The van der Waals surface area contributed by atoms with Crippen LogP contribution in [0.15, 0.2) is 71.8 Å². The Kier molecular flexibility index (Phi) is 9.75. The summed E-state index contributed by atoms with van der Waals surface area (Å²) in [6.07, 6.45) is 2.13. The largest absolute Gasteiger partial charge is 0.490 e. The number of aromatic nitrogens is 2. The molecule has 0 unspecified atom stereocenters. The van der Waals surface area contributed by atoms with E-state index < -0.39 is 4.92 Å². The Hall–Kier alpha value is -3.09. The van der Waals surface area contributed by atoms with Gasteiger partial charge in [-0.25, -0.2) is 4.98 Å². The summed E-state index contributed by atoms with van der Waals surface area (Å²) >= 11 is 10.3. The highest BCUT2D eigenvalue weighted by Gasteiger charge is 2.23. The monoisotopic (exact) mass is 734 g/mol. The fourth-order valence-corrected chi connectivity index (χ4v) is 5.44. The van der Waals surface area contributed by atoms with E-state index in [1.807, 2.05) is 38.1 Å². The summed E-state index contributed by atoms with van der Waals surface area (Å²) in [6, 6.07) is 13.8. The third-order valence-electron chi connectivity index (χ3n) is 6.15. The quantitative estimate of drug-likeness (QED) is 0.0929. The molecular weight excluding hydrogens is 712 g/mol. The fourth-order valence-electron chi connectivity index (χ4n) is 3.92. The van der Waals surface area contributed by atoms with Crippen molar-refractivity contribution in [2.24, 2.45) is 5.10 Å². The van der Waals surface area contributed by atoms with Gasteiger partial charge in [-0.15, -0.1) is 0 Å². The maximum atomic E-state index is 13.4. The van der Waals surface area contributed by atoms with Crippen LogP contribution < -0.4 is 15.0 Å². The first-order valence-electron chi connectivity index (χ1n) is 12.4. The van der Waals surface area contributed by atoms with E-state index in [9.17, 15) is 14.9 Å². The van der Waals surface area contributed by atoms with Gasteiger partial charge in [0.25, 0.3) is 5.56 Å². The number of rotatable bonds is 10. The maximum absolute atomic E-state index is 13.4. The summed E-state index contributed by atoms with van der Waals surface area (Å²) < 4.78 is 15.3. The summed E-state index contributed by atoms with van der Waals surface area (Å²) in [7, 11) is 0. The Bertz CT molecular complexity index is 1670. The van der Waals surface area contributed by atoms with Crippen LogP contribution in [-0.2, 0) is 6.61 Å². The van der Waals surface area contributed by atoms with Crippen LogP contribution in [0.5, 0.6) is 11.5 Å². The molecule has 9 nitrogen and oxygen atoms in total. The maximum Gasteiger partial charge on any atom is 0.315 e. The molecule has 0 amide bonds. The number of nitro benzene ring substituents is 1. The van der Waals surface area contributed by atoms with Crippen molar-refractivity contribution in [2.45, 2.75) is 39.7 Å². The SMILES string of the molecule is CCOc1cc(C=Nn2c([C@@H](C)CC)nc3ccc(Br)cc3c2=O)cc([N+](=O)[O-])c1OCc1ccc(Br)cc1Br. The zero-order valence-corrected chi connectivity index (χ0v) is 26.6. The molecule has 0 fully saturated rings. The van der Waals surface area contributed by atoms with E-state index >= 15 is 0 Å². The van der Waals surface area contributed by atoms with Crippen molar-refractivity contribution in [3.05, 3.63) is 99.4 Å². The second-order valence-electron chi connectivity index (χ2n) is 8.88. The van der Waals surface area contributed by atoms with Crippen LogP contribution in [0.2, 0.25) is 0 Å². The Balaban J connectivity index is 1.78. The number of hydrogen-bond donors (Lipinski definition) is 0. The van der Waals surface area contributed by atoms with Crippen molar-refractivity contribution in [2.75, 3.05) is 6.61 Å². The minimum absolute atomic E-state index is 0.00787. The lowest BCUT2D eigenvalue weighted by molar-refractivity contribution is -0.386. The molecule has 208 valence electrons.